The molecule has 0 spiro atoms. The highest BCUT2D eigenvalue weighted by Crippen LogP contribution is 2.25. The number of hydrogen-bond donors (Lipinski definition) is 2. The molecule has 2 rings (SSSR count). The number of hydrogen-bond acceptors (Lipinski definition) is 4. The first-order valence-electron chi connectivity index (χ1n) is 5.58. The molecule has 0 amide bonds. The lowest BCUT2D eigenvalue weighted by Gasteiger charge is -2.08. The van der Waals surface area contributed by atoms with Crippen molar-refractivity contribution in [1.82, 2.24) is 4.98 Å². The second kappa shape index (κ2) is 5.87. The number of aromatic nitrogens is 1. The molecule has 2 aromatic rings. The molecule has 1 aromatic heterocycles. The smallest absolute Gasteiger partial charge is 0.220 e. The number of ether oxygens (including phenoxy) is 1. The van der Waals surface area contributed by atoms with Crippen LogP contribution in [0.2, 0.25) is 0 Å². The molecule has 0 atom stereocenters. The molecule has 7 heteroatoms. The highest BCUT2D eigenvalue weighted by atomic mass is 79.9. The van der Waals surface area contributed by atoms with E-state index in [9.17, 15) is 4.39 Å². The van der Waals surface area contributed by atoms with Crippen LogP contribution in [0.5, 0.6) is 11.6 Å². The minimum atomic E-state index is -0.432. The van der Waals surface area contributed by atoms with E-state index < -0.39 is 5.82 Å². The number of aryl methyl sites for hydroxylation is 1. The van der Waals surface area contributed by atoms with Crippen LogP contribution in [-0.4, -0.2) is 16.0 Å². The van der Waals surface area contributed by atoms with Crippen molar-refractivity contribution < 1.29 is 14.3 Å². The maximum atomic E-state index is 13.3. The van der Waals surface area contributed by atoms with E-state index in [4.69, 9.17) is 15.7 Å². The first-order chi connectivity index (χ1) is 9.47. The summed E-state index contributed by atoms with van der Waals surface area (Å²) in [4.78, 5) is 4.15. The predicted octanol–water partition coefficient (Wildman–Crippen LogP) is 3.18. The van der Waals surface area contributed by atoms with Gasteiger partial charge in [-0.1, -0.05) is 21.1 Å². The zero-order chi connectivity index (χ0) is 14.7. The average molecular weight is 340 g/mol. The maximum absolute atomic E-state index is 13.3. The van der Waals surface area contributed by atoms with Crippen LogP contribution in [0, 0.1) is 12.7 Å². The van der Waals surface area contributed by atoms with E-state index >= 15 is 0 Å². The van der Waals surface area contributed by atoms with Crippen LogP contribution in [0.4, 0.5) is 4.39 Å². The Kier molecular flexibility index (Phi) is 4.19. The summed E-state index contributed by atoms with van der Waals surface area (Å²) in [5, 5.41) is 11.6. The second-order valence-electron chi connectivity index (χ2n) is 4.03. The first-order valence-corrected chi connectivity index (χ1v) is 6.38. The number of rotatable bonds is 3. The van der Waals surface area contributed by atoms with Crippen molar-refractivity contribution in [3.05, 3.63) is 51.9 Å². The lowest BCUT2D eigenvalue weighted by atomic mass is 10.2. The van der Waals surface area contributed by atoms with E-state index in [1.807, 2.05) is 0 Å². The van der Waals surface area contributed by atoms with Crippen molar-refractivity contribution in [3.8, 4) is 11.6 Å². The molecule has 104 valence electrons. The van der Waals surface area contributed by atoms with Crippen LogP contribution in [0.3, 0.4) is 0 Å². The predicted molar refractivity (Wildman–Crippen MR) is 75.7 cm³/mol. The number of amidine groups is 1. The van der Waals surface area contributed by atoms with Crippen molar-refractivity contribution in [2.75, 3.05) is 0 Å². The van der Waals surface area contributed by atoms with Gasteiger partial charge in [-0.25, -0.2) is 9.37 Å². The van der Waals surface area contributed by atoms with Gasteiger partial charge in [0, 0.05) is 27.9 Å². The first kappa shape index (κ1) is 14.3. The van der Waals surface area contributed by atoms with Gasteiger partial charge >= 0.3 is 0 Å². The van der Waals surface area contributed by atoms with Gasteiger partial charge in [-0.05, 0) is 25.1 Å². The van der Waals surface area contributed by atoms with Gasteiger partial charge in [-0.15, -0.1) is 0 Å². The third-order valence-corrected chi connectivity index (χ3v) is 2.85. The Morgan fingerprint density at radius 3 is 2.75 bits per heavy atom. The summed E-state index contributed by atoms with van der Waals surface area (Å²) in [5.74, 6) is 0.0315. The molecule has 0 aliphatic carbocycles. The monoisotopic (exact) mass is 339 g/mol. The van der Waals surface area contributed by atoms with Crippen molar-refractivity contribution in [2.24, 2.45) is 10.9 Å². The van der Waals surface area contributed by atoms with E-state index in [0.29, 0.717) is 21.5 Å². The third-order valence-electron chi connectivity index (χ3n) is 2.39. The fourth-order valence-corrected chi connectivity index (χ4v) is 2.05. The molecule has 0 saturated carbocycles. The molecule has 1 heterocycles. The number of halogens is 2. The summed E-state index contributed by atoms with van der Waals surface area (Å²) in [7, 11) is 0. The molecule has 0 bridgehead atoms. The Bertz CT molecular complexity index is 656. The molecule has 0 unspecified atom stereocenters. The van der Waals surface area contributed by atoms with Gasteiger partial charge in [0.1, 0.15) is 11.6 Å². The van der Waals surface area contributed by atoms with Gasteiger partial charge in [0.05, 0.1) is 0 Å². The van der Waals surface area contributed by atoms with Crippen LogP contribution >= 0.6 is 15.9 Å². The minimum Gasteiger partial charge on any atom is -0.439 e. The zero-order valence-corrected chi connectivity index (χ0v) is 12.1. The van der Waals surface area contributed by atoms with Gasteiger partial charge < -0.3 is 15.7 Å². The number of pyridine rings is 1. The van der Waals surface area contributed by atoms with Gasteiger partial charge in [-0.2, -0.15) is 0 Å². The lowest BCUT2D eigenvalue weighted by Crippen LogP contribution is -2.13. The SMILES string of the molecule is Cc1cc(/C(N)=N/O)cc(Oc2cc(F)cc(Br)c2)n1. The minimum absolute atomic E-state index is 0.0548. The quantitative estimate of drug-likeness (QED) is 0.389. The number of nitrogens with two attached hydrogens (primary N) is 1. The molecule has 0 aliphatic rings. The van der Waals surface area contributed by atoms with E-state index in [2.05, 4.69) is 26.1 Å². The molecule has 1 aromatic carbocycles. The van der Waals surface area contributed by atoms with Crippen molar-refractivity contribution in [1.29, 1.82) is 0 Å². The van der Waals surface area contributed by atoms with E-state index in [0.717, 1.165) is 0 Å². The van der Waals surface area contributed by atoms with Gasteiger partial charge in [-0.3, -0.25) is 0 Å². The van der Waals surface area contributed by atoms with E-state index in [-0.39, 0.29) is 11.7 Å². The molecule has 0 aliphatic heterocycles. The second-order valence-corrected chi connectivity index (χ2v) is 4.94. The summed E-state index contributed by atoms with van der Waals surface area (Å²) < 4.78 is 19.3. The van der Waals surface area contributed by atoms with Gasteiger partial charge in [0.2, 0.25) is 5.88 Å². The molecular weight excluding hydrogens is 329 g/mol. The Morgan fingerprint density at radius 2 is 2.10 bits per heavy atom. The fourth-order valence-electron chi connectivity index (χ4n) is 1.60. The molecule has 0 radical (unpaired) electrons. The average Bonchev–Trinajstić information content (AvgIpc) is 2.35. The molecule has 0 fully saturated rings. The van der Waals surface area contributed by atoms with Crippen molar-refractivity contribution >= 4 is 21.8 Å². The molecule has 20 heavy (non-hydrogen) atoms. The number of oxime groups is 1. The normalized spacial score (nSPS) is 11.4. The molecule has 5 nitrogen and oxygen atoms in total. The van der Waals surface area contributed by atoms with Gasteiger partial charge in [0.15, 0.2) is 5.84 Å². The Morgan fingerprint density at radius 1 is 1.35 bits per heavy atom. The lowest BCUT2D eigenvalue weighted by molar-refractivity contribution is 0.318. The topological polar surface area (TPSA) is 80.7 Å². The Hall–Kier alpha value is -2.15. The highest BCUT2D eigenvalue weighted by Gasteiger charge is 2.07. The largest absolute Gasteiger partial charge is 0.439 e. The van der Waals surface area contributed by atoms with Crippen LogP contribution in [0.15, 0.2) is 40.0 Å². The molecular formula is C13H11BrFN3O2. The highest BCUT2D eigenvalue weighted by molar-refractivity contribution is 9.10. The maximum Gasteiger partial charge on any atom is 0.220 e. The summed E-state index contributed by atoms with van der Waals surface area (Å²) in [6.45, 7) is 1.74. The van der Waals surface area contributed by atoms with Crippen LogP contribution in [-0.2, 0) is 0 Å². The summed E-state index contributed by atoms with van der Waals surface area (Å²) in [5.41, 5.74) is 6.61. The van der Waals surface area contributed by atoms with Crippen LogP contribution < -0.4 is 10.5 Å². The van der Waals surface area contributed by atoms with E-state index in [1.54, 1.807) is 19.1 Å². The van der Waals surface area contributed by atoms with E-state index in [1.165, 1.54) is 18.2 Å². The van der Waals surface area contributed by atoms with Crippen molar-refractivity contribution in [2.45, 2.75) is 6.92 Å². The summed E-state index contributed by atoms with van der Waals surface area (Å²) in [6.07, 6.45) is 0. The summed E-state index contributed by atoms with van der Waals surface area (Å²) in [6, 6.07) is 7.30. The zero-order valence-electron chi connectivity index (χ0n) is 10.5. The third kappa shape index (κ3) is 3.45. The van der Waals surface area contributed by atoms with Crippen LogP contribution in [0.25, 0.3) is 0 Å². The molecule has 0 saturated heterocycles. The molecule has 3 N–H and O–H groups in total. The number of benzene rings is 1. The standard InChI is InChI=1S/C13H11BrFN3O2/c1-7-2-8(13(16)18-19)3-12(17-7)20-11-5-9(14)4-10(15)6-11/h2-6,19H,1H3,(H2,16,18). The van der Waals surface area contributed by atoms with Crippen LogP contribution in [0.1, 0.15) is 11.3 Å². The van der Waals surface area contributed by atoms with Crippen molar-refractivity contribution in [3.63, 3.8) is 0 Å². The van der Waals surface area contributed by atoms with Gasteiger partial charge in [0.25, 0.3) is 0 Å². The number of nitrogens with zero attached hydrogens (tertiary/aromatic N) is 2. The Labute approximate surface area is 123 Å². The fraction of sp³-hybridized carbons (Fsp3) is 0.0769. The summed E-state index contributed by atoms with van der Waals surface area (Å²) >= 11 is 3.18. The Balaban J connectivity index is 2.36.